The molecule has 2 aromatic carbocycles. The van der Waals surface area contributed by atoms with E-state index in [0.717, 1.165) is 22.8 Å². The highest BCUT2D eigenvalue weighted by atomic mass is 35.5. The summed E-state index contributed by atoms with van der Waals surface area (Å²) in [6.45, 7) is 0.744. The Hall–Kier alpha value is -2.00. The zero-order valence-electron chi connectivity index (χ0n) is 12.4. The van der Waals surface area contributed by atoms with Crippen LogP contribution in [0.2, 0.25) is 5.02 Å². The molecule has 4 rings (SSSR count). The van der Waals surface area contributed by atoms with Crippen molar-refractivity contribution in [1.29, 1.82) is 0 Å². The molecule has 0 saturated heterocycles. The van der Waals surface area contributed by atoms with Gasteiger partial charge in [0.15, 0.2) is 0 Å². The normalized spacial score (nSPS) is 14.5. The molecule has 0 amide bonds. The number of aromatic nitrogens is 2. The van der Waals surface area contributed by atoms with Crippen molar-refractivity contribution < 1.29 is 4.74 Å². The van der Waals surface area contributed by atoms with E-state index in [1.165, 1.54) is 29.5 Å². The molecule has 0 atom stereocenters. The Bertz CT molecular complexity index is 819. The third-order valence-corrected chi connectivity index (χ3v) is 4.43. The van der Waals surface area contributed by atoms with Crippen LogP contribution in [-0.2, 0) is 6.54 Å². The Labute approximate surface area is 134 Å². The van der Waals surface area contributed by atoms with Crippen LogP contribution in [0.4, 0.5) is 0 Å². The zero-order valence-corrected chi connectivity index (χ0v) is 13.2. The topological polar surface area (TPSA) is 27.1 Å². The number of hydrogen-bond donors (Lipinski definition) is 0. The molecule has 22 heavy (non-hydrogen) atoms. The van der Waals surface area contributed by atoms with Gasteiger partial charge in [-0.25, -0.2) is 0 Å². The van der Waals surface area contributed by atoms with Gasteiger partial charge in [0.2, 0.25) is 0 Å². The number of hydrogen-bond acceptors (Lipinski definition) is 2. The number of benzene rings is 2. The number of rotatable bonds is 4. The molecule has 0 bridgehead atoms. The van der Waals surface area contributed by atoms with Crippen LogP contribution in [0.25, 0.3) is 10.9 Å². The molecule has 1 aliphatic carbocycles. The summed E-state index contributed by atoms with van der Waals surface area (Å²) in [6.07, 6.45) is 2.49. The van der Waals surface area contributed by atoms with Gasteiger partial charge in [0.05, 0.1) is 24.9 Å². The van der Waals surface area contributed by atoms with Crippen molar-refractivity contribution >= 4 is 22.5 Å². The number of nitrogens with zero attached hydrogens (tertiary/aromatic N) is 2. The van der Waals surface area contributed by atoms with E-state index >= 15 is 0 Å². The monoisotopic (exact) mass is 312 g/mol. The molecule has 1 aromatic heterocycles. The number of fused-ring (bicyclic) bond motifs is 1. The van der Waals surface area contributed by atoms with Gasteiger partial charge >= 0.3 is 0 Å². The highest BCUT2D eigenvalue weighted by molar-refractivity contribution is 6.31. The first-order valence-electron chi connectivity index (χ1n) is 7.53. The predicted octanol–water partition coefficient (Wildman–Crippen LogP) is 4.62. The van der Waals surface area contributed by atoms with Gasteiger partial charge in [0.1, 0.15) is 5.75 Å². The second kappa shape index (κ2) is 5.33. The SMILES string of the molecule is COc1ccc(Cn2nc(C3CC3)c3ccc(Cl)cc32)cc1. The molecule has 112 valence electrons. The van der Waals surface area contributed by atoms with Crippen LogP contribution in [-0.4, -0.2) is 16.9 Å². The largest absolute Gasteiger partial charge is 0.497 e. The average Bonchev–Trinajstić information content (AvgIpc) is 3.32. The van der Waals surface area contributed by atoms with Crippen molar-refractivity contribution in [1.82, 2.24) is 9.78 Å². The second-order valence-electron chi connectivity index (χ2n) is 5.83. The molecule has 1 aliphatic rings. The third-order valence-electron chi connectivity index (χ3n) is 4.20. The average molecular weight is 313 g/mol. The number of methoxy groups -OCH3 is 1. The van der Waals surface area contributed by atoms with Crippen molar-refractivity contribution in [3.05, 3.63) is 58.7 Å². The van der Waals surface area contributed by atoms with E-state index in [1.807, 2.05) is 24.3 Å². The molecule has 0 aliphatic heterocycles. The van der Waals surface area contributed by atoms with Crippen molar-refractivity contribution in [3.8, 4) is 5.75 Å². The van der Waals surface area contributed by atoms with Crippen LogP contribution >= 0.6 is 11.6 Å². The molecule has 0 N–H and O–H groups in total. The summed E-state index contributed by atoms with van der Waals surface area (Å²) < 4.78 is 7.28. The lowest BCUT2D eigenvalue weighted by molar-refractivity contribution is 0.414. The van der Waals surface area contributed by atoms with Gasteiger partial charge in [-0.15, -0.1) is 0 Å². The minimum absolute atomic E-state index is 0.626. The van der Waals surface area contributed by atoms with Gasteiger partial charge in [-0.2, -0.15) is 5.10 Å². The highest BCUT2D eigenvalue weighted by Crippen LogP contribution is 2.42. The predicted molar refractivity (Wildman–Crippen MR) is 88.8 cm³/mol. The van der Waals surface area contributed by atoms with Crippen LogP contribution in [0.5, 0.6) is 5.75 Å². The molecule has 3 nitrogen and oxygen atoms in total. The first-order valence-corrected chi connectivity index (χ1v) is 7.91. The van der Waals surface area contributed by atoms with E-state index in [0.29, 0.717) is 5.92 Å². The van der Waals surface area contributed by atoms with E-state index in [4.69, 9.17) is 21.4 Å². The van der Waals surface area contributed by atoms with E-state index in [1.54, 1.807) is 7.11 Å². The number of ether oxygens (including phenoxy) is 1. The van der Waals surface area contributed by atoms with E-state index in [-0.39, 0.29) is 0 Å². The summed E-state index contributed by atoms with van der Waals surface area (Å²) in [5, 5.41) is 6.85. The summed E-state index contributed by atoms with van der Waals surface area (Å²) >= 11 is 6.18. The van der Waals surface area contributed by atoms with Crippen LogP contribution < -0.4 is 4.74 Å². The maximum absolute atomic E-state index is 6.18. The lowest BCUT2D eigenvalue weighted by Gasteiger charge is -2.05. The molecule has 1 heterocycles. The zero-order chi connectivity index (χ0) is 15.1. The van der Waals surface area contributed by atoms with Crippen LogP contribution in [0.3, 0.4) is 0 Å². The fraction of sp³-hybridized carbons (Fsp3) is 0.278. The Kier molecular flexibility index (Phi) is 3.30. The maximum Gasteiger partial charge on any atom is 0.118 e. The summed E-state index contributed by atoms with van der Waals surface area (Å²) in [7, 11) is 1.68. The molecule has 3 aromatic rings. The first kappa shape index (κ1) is 13.6. The standard InChI is InChI=1S/C18H17ClN2O/c1-22-15-7-2-12(3-8-15)11-21-17-10-14(19)6-9-16(17)18(20-21)13-4-5-13/h2-3,6-10,13H,4-5,11H2,1H3. The molecular formula is C18H17ClN2O. The van der Waals surface area contributed by atoms with Gasteiger partial charge in [-0.1, -0.05) is 23.7 Å². The van der Waals surface area contributed by atoms with Gasteiger partial charge in [0.25, 0.3) is 0 Å². The molecule has 0 unspecified atom stereocenters. The highest BCUT2D eigenvalue weighted by Gasteiger charge is 2.29. The first-order chi connectivity index (χ1) is 10.7. The fourth-order valence-electron chi connectivity index (χ4n) is 2.86. The van der Waals surface area contributed by atoms with Crippen LogP contribution in [0.1, 0.15) is 30.0 Å². The van der Waals surface area contributed by atoms with Crippen molar-refractivity contribution in [2.45, 2.75) is 25.3 Å². The van der Waals surface area contributed by atoms with Gasteiger partial charge in [-0.3, -0.25) is 4.68 Å². The van der Waals surface area contributed by atoms with Crippen LogP contribution in [0.15, 0.2) is 42.5 Å². The lowest BCUT2D eigenvalue weighted by Crippen LogP contribution is -2.02. The summed E-state index contributed by atoms with van der Waals surface area (Å²) in [5.41, 5.74) is 3.54. The molecule has 1 fully saturated rings. The summed E-state index contributed by atoms with van der Waals surface area (Å²) in [4.78, 5) is 0. The second-order valence-corrected chi connectivity index (χ2v) is 6.26. The van der Waals surface area contributed by atoms with E-state index < -0.39 is 0 Å². The lowest BCUT2D eigenvalue weighted by atomic mass is 10.1. The fourth-order valence-corrected chi connectivity index (χ4v) is 3.02. The summed E-state index contributed by atoms with van der Waals surface area (Å²) in [6, 6.07) is 14.2. The Balaban J connectivity index is 1.74. The van der Waals surface area contributed by atoms with Crippen molar-refractivity contribution in [2.75, 3.05) is 7.11 Å². The molecule has 4 heteroatoms. The van der Waals surface area contributed by atoms with Crippen molar-refractivity contribution in [3.63, 3.8) is 0 Å². The minimum atomic E-state index is 0.626. The Morgan fingerprint density at radius 3 is 2.64 bits per heavy atom. The molecule has 0 radical (unpaired) electrons. The van der Waals surface area contributed by atoms with E-state index in [9.17, 15) is 0 Å². The van der Waals surface area contributed by atoms with Gasteiger partial charge in [-0.05, 0) is 48.7 Å². The Morgan fingerprint density at radius 2 is 1.95 bits per heavy atom. The third kappa shape index (κ3) is 2.46. The molecule has 1 saturated carbocycles. The van der Waals surface area contributed by atoms with Crippen LogP contribution in [0, 0.1) is 0 Å². The quantitative estimate of drug-likeness (QED) is 0.702. The maximum atomic E-state index is 6.18. The van der Waals surface area contributed by atoms with Gasteiger partial charge in [0, 0.05) is 16.3 Å². The molecular weight excluding hydrogens is 296 g/mol. The van der Waals surface area contributed by atoms with E-state index in [2.05, 4.69) is 22.9 Å². The van der Waals surface area contributed by atoms with Crippen molar-refractivity contribution in [2.24, 2.45) is 0 Å². The summed E-state index contributed by atoms with van der Waals surface area (Å²) in [5.74, 6) is 1.50. The number of halogens is 1. The Morgan fingerprint density at radius 1 is 1.18 bits per heavy atom. The smallest absolute Gasteiger partial charge is 0.118 e. The minimum Gasteiger partial charge on any atom is -0.497 e. The van der Waals surface area contributed by atoms with Gasteiger partial charge < -0.3 is 4.74 Å². The molecule has 0 spiro atoms.